The zero-order chi connectivity index (χ0) is 13.8. The normalized spacial score (nSPS) is 10.9. The molecule has 0 aliphatic carbocycles. The van der Waals surface area contributed by atoms with Gasteiger partial charge < -0.3 is 9.84 Å². The molecule has 0 heterocycles. The van der Waals surface area contributed by atoms with Crippen LogP contribution in [0.5, 0.6) is 11.5 Å². The van der Waals surface area contributed by atoms with Gasteiger partial charge in [0.05, 0.1) is 22.8 Å². The minimum atomic E-state index is 0.0918. The van der Waals surface area contributed by atoms with Crippen LogP contribution in [0.3, 0.4) is 0 Å². The van der Waals surface area contributed by atoms with Gasteiger partial charge in [0, 0.05) is 6.21 Å². The molecule has 0 saturated heterocycles. The number of nitrogens with zero attached hydrogens (tertiary/aromatic N) is 1. The van der Waals surface area contributed by atoms with E-state index in [1.54, 1.807) is 42.6 Å². The Balaban J connectivity index is 2.24. The standard InChI is InChI=1S/C14H11Cl2NO2/c1-19-14-6-9(2-5-13(14)18)8-17-10-3-4-11(15)12(16)7-10/h2-8,18H,1H3. The highest BCUT2D eigenvalue weighted by Crippen LogP contribution is 2.28. The van der Waals surface area contributed by atoms with Crippen LogP contribution in [0, 0.1) is 0 Å². The first-order valence-corrected chi connectivity index (χ1v) is 6.22. The Hall–Kier alpha value is -1.71. The van der Waals surface area contributed by atoms with Gasteiger partial charge in [0.25, 0.3) is 0 Å². The minimum absolute atomic E-state index is 0.0918. The zero-order valence-electron chi connectivity index (χ0n) is 10.1. The molecule has 2 aromatic carbocycles. The molecule has 98 valence electrons. The average molecular weight is 296 g/mol. The third-order valence-electron chi connectivity index (χ3n) is 2.47. The molecule has 0 fully saturated rings. The Morgan fingerprint density at radius 2 is 1.89 bits per heavy atom. The number of phenolic OH excluding ortho intramolecular Hbond substituents is 1. The van der Waals surface area contributed by atoms with Gasteiger partial charge in [0.1, 0.15) is 0 Å². The number of hydrogen-bond acceptors (Lipinski definition) is 3. The van der Waals surface area contributed by atoms with E-state index in [-0.39, 0.29) is 5.75 Å². The number of aliphatic imine (C=N–C) groups is 1. The molecule has 19 heavy (non-hydrogen) atoms. The summed E-state index contributed by atoms with van der Waals surface area (Å²) in [6, 6.07) is 10.1. The lowest BCUT2D eigenvalue weighted by molar-refractivity contribution is 0.373. The molecule has 3 nitrogen and oxygen atoms in total. The first kappa shape index (κ1) is 13.7. The number of benzene rings is 2. The van der Waals surface area contributed by atoms with Gasteiger partial charge in [0.15, 0.2) is 11.5 Å². The molecule has 5 heteroatoms. The Kier molecular flexibility index (Phi) is 4.30. The number of hydrogen-bond donors (Lipinski definition) is 1. The van der Waals surface area contributed by atoms with Crippen molar-refractivity contribution in [1.29, 1.82) is 0 Å². The largest absolute Gasteiger partial charge is 0.504 e. The van der Waals surface area contributed by atoms with E-state index < -0.39 is 0 Å². The molecule has 2 rings (SSSR count). The fraction of sp³-hybridized carbons (Fsp3) is 0.0714. The second kappa shape index (κ2) is 5.95. The smallest absolute Gasteiger partial charge is 0.161 e. The van der Waals surface area contributed by atoms with Crippen LogP contribution < -0.4 is 4.74 Å². The van der Waals surface area contributed by atoms with E-state index in [0.717, 1.165) is 5.56 Å². The molecule has 0 unspecified atom stereocenters. The van der Waals surface area contributed by atoms with Gasteiger partial charge in [-0.2, -0.15) is 0 Å². The Labute approximate surface area is 121 Å². The first-order valence-electron chi connectivity index (χ1n) is 5.46. The third-order valence-corrected chi connectivity index (χ3v) is 3.21. The van der Waals surface area contributed by atoms with Crippen LogP contribution in [0.15, 0.2) is 41.4 Å². The SMILES string of the molecule is COc1cc(C=Nc2ccc(Cl)c(Cl)c2)ccc1O. The maximum atomic E-state index is 9.49. The molecule has 0 aliphatic heterocycles. The molecule has 0 aromatic heterocycles. The number of ether oxygens (including phenoxy) is 1. The monoisotopic (exact) mass is 295 g/mol. The molecule has 1 N–H and O–H groups in total. The highest BCUT2D eigenvalue weighted by Gasteiger charge is 2.01. The van der Waals surface area contributed by atoms with E-state index in [9.17, 15) is 5.11 Å². The van der Waals surface area contributed by atoms with Gasteiger partial charge in [-0.1, -0.05) is 23.2 Å². The van der Waals surface area contributed by atoms with Crippen LogP contribution in [0.2, 0.25) is 10.0 Å². The fourth-order valence-corrected chi connectivity index (χ4v) is 1.78. The van der Waals surface area contributed by atoms with Crippen LogP contribution >= 0.6 is 23.2 Å². The van der Waals surface area contributed by atoms with Crippen molar-refractivity contribution in [2.24, 2.45) is 4.99 Å². The van der Waals surface area contributed by atoms with E-state index in [2.05, 4.69) is 4.99 Å². The van der Waals surface area contributed by atoms with E-state index in [0.29, 0.717) is 21.5 Å². The van der Waals surface area contributed by atoms with Crippen LogP contribution in [0.4, 0.5) is 5.69 Å². The lowest BCUT2D eigenvalue weighted by atomic mass is 10.2. The van der Waals surface area contributed by atoms with Gasteiger partial charge in [-0.3, -0.25) is 4.99 Å². The summed E-state index contributed by atoms with van der Waals surface area (Å²) < 4.78 is 5.02. The lowest BCUT2D eigenvalue weighted by Gasteiger charge is -2.03. The van der Waals surface area contributed by atoms with Crippen molar-refractivity contribution >= 4 is 35.1 Å². The van der Waals surface area contributed by atoms with Crippen molar-refractivity contribution in [3.63, 3.8) is 0 Å². The summed E-state index contributed by atoms with van der Waals surface area (Å²) in [7, 11) is 1.49. The number of halogens is 2. The fourth-order valence-electron chi connectivity index (χ4n) is 1.49. The number of aromatic hydroxyl groups is 1. The van der Waals surface area contributed by atoms with Crippen molar-refractivity contribution in [3.05, 3.63) is 52.0 Å². The van der Waals surface area contributed by atoms with Gasteiger partial charge in [0.2, 0.25) is 0 Å². The highest BCUT2D eigenvalue weighted by atomic mass is 35.5. The van der Waals surface area contributed by atoms with Gasteiger partial charge in [-0.05, 0) is 42.0 Å². The molecular formula is C14H11Cl2NO2. The van der Waals surface area contributed by atoms with Crippen LogP contribution in [0.1, 0.15) is 5.56 Å². The van der Waals surface area contributed by atoms with E-state index in [4.69, 9.17) is 27.9 Å². The molecule has 0 atom stereocenters. The third kappa shape index (κ3) is 3.40. The van der Waals surface area contributed by atoms with Gasteiger partial charge in [-0.15, -0.1) is 0 Å². The summed E-state index contributed by atoms with van der Waals surface area (Å²) in [6.07, 6.45) is 1.65. The predicted molar refractivity (Wildman–Crippen MR) is 78.4 cm³/mol. The maximum Gasteiger partial charge on any atom is 0.161 e. The Morgan fingerprint density at radius 1 is 1.11 bits per heavy atom. The van der Waals surface area contributed by atoms with Crippen molar-refractivity contribution in [2.45, 2.75) is 0 Å². The van der Waals surface area contributed by atoms with Crippen molar-refractivity contribution in [2.75, 3.05) is 7.11 Å². The number of rotatable bonds is 3. The molecule has 0 bridgehead atoms. The Bertz CT molecular complexity index is 627. The topological polar surface area (TPSA) is 41.8 Å². The van der Waals surface area contributed by atoms with E-state index in [1.807, 2.05) is 0 Å². The zero-order valence-corrected chi connectivity index (χ0v) is 11.6. The Morgan fingerprint density at radius 3 is 2.58 bits per heavy atom. The van der Waals surface area contributed by atoms with Gasteiger partial charge in [-0.25, -0.2) is 0 Å². The number of phenols is 1. The first-order chi connectivity index (χ1) is 9.10. The summed E-state index contributed by atoms with van der Waals surface area (Å²) >= 11 is 11.7. The highest BCUT2D eigenvalue weighted by molar-refractivity contribution is 6.42. The second-order valence-corrected chi connectivity index (χ2v) is 4.60. The molecule has 0 spiro atoms. The lowest BCUT2D eigenvalue weighted by Crippen LogP contribution is -1.86. The van der Waals surface area contributed by atoms with Crippen molar-refractivity contribution < 1.29 is 9.84 Å². The summed E-state index contributed by atoms with van der Waals surface area (Å²) in [5.41, 5.74) is 1.50. The molecular weight excluding hydrogens is 285 g/mol. The van der Waals surface area contributed by atoms with Crippen LogP contribution in [-0.2, 0) is 0 Å². The van der Waals surface area contributed by atoms with Crippen LogP contribution in [-0.4, -0.2) is 18.4 Å². The average Bonchev–Trinajstić information content (AvgIpc) is 2.41. The molecule has 0 aliphatic rings. The number of methoxy groups -OCH3 is 1. The molecule has 0 saturated carbocycles. The summed E-state index contributed by atoms with van der Waals surface area (Å²) in [6.45, 7) is 0. The van der Waals surface area contributed by atoms with Gasteiger partial charge >= 0.3 is 0 Å². The molecule has 0 radical (unpaired) electrons. The van der Waals surface area contributed by atoms with Crippen molar-refractivity contribution in [1.82, 2.24) is 0 Å². The van der Waals surface area contributed by atoms with E-state index >= 15 is 0 Å². The maximum absolute atomic E-state index is 9.49. The summed E-state index contributed by atoms with van der Waals surface area (Å²) in [4.78, 5) is 4.28. The molecule has 2 aromatic rings. The second-order valence-electron chi connectivity index (χ2n) is 3.79. The summed E-state index contributed by atoms with van der Waals surface area (Å²) in [5, 5.41) is 10.4. The quantitative estimate of drug-likeness (QED) is 0.850. The minimum Gasteiger partial charge on any atom is -0.504 e. The predicted octanol–water partition coefficient (Wildman–Crippen LogP) is 4.46. The van der Waals surface area contributed by atoms with E-state index in [1.165, 1.54) is 7.11 Å². The summed E-state index contributed by atoms with van der Waals surface area (Å²) in [5.74, 6) is 0.493. The van der Waals surface area contributed by atoms with Crippen LogP contribution in [0.25, 0.3) is 0 Å². The van der Waals surface area contributed by atoms with Crippen molar-refractivity contribution in [3.8, 4) is 11.5 Å². The molecule has 0 amide bonds.